The third-order valence-corrected chi connectivity index (χ3v) is 9.86. The highest BCUT2D eigenvalue weighted by atomic mass is 16.2. The van der Waals surface area contributed by atoms with E-state index in [0.29, 0.717) is 30.6 Å². The Balaban J connectivity index is 1.07. The maximum atomic E-state index is 13.7. The van der Waals surface area contributed by atoms with Crippen LogP contribution in [0.2, 0.25) is 0 Å². The minimum absolute atomic E-state index is 0.00871. The molecule has 4 amide bonds. The molecule has 6 rings (SSSR count). The zero-order chi connectivity index (χ0) is 32.9. The third kappa shape index (κ3) is 6.89. The van der Waals surface area contributed by atoms with Crippen LogP contribution in [0, 0.1) is 0 Å². The van der Waals surface area contributed by atoms with E-state index < -0.39 is 24.2 Å². The van der Waals surface area contributed by atoms with Crippen molar-refractivity contribution in [1.29, 1.82) is 0 Å². The number of carbonyl (C=O) groups excluding carboxylic acids is 4. The smallest absolute Gasteiger partial charge is 0.246 e. The summed E-state index contributed by atoms with van der Waals surface area (Å²) in [6.45, 7) is 1.93. The van der Waals surface area contributed by atoms with Gasteiger partial charge in [0, 0.05) is 6.04 Å². The standard InChI is InChI=1S/C32H43N11O4/c1-20(33-2)30(45)36-24-11-7-6-10-23-12-13-28(43(23)32(24)47)31(46)34-16-22-17-41(39-37-22)26-14-15-27(26)42-18-25(38-40-42)29(35-19-44)21-8-4-3-5-9-21/h3-5,8-9,17-20,23-24,26-29,33H,6-7,10-16H2,1-2H3,(H,34,46)(H,35,44)(H,36,45)/t20-,23?,24?,26?,27?,28?,29?/m0/s1. The van der Waals surface area contributed by atoms with E-state index in [1.807, 2.05) is 52.1 Å². The Labute approximate surface area is 273 Å². The first-order valence-corrected chi connectivity index (χ1v) is 16.5. The van der Waals surface area contributed by atoms with Gasteiger partial charge in [-0.1, -0.05) is 53.6 Å². The van der Waals surface area contributed by atoms with Crippen LogP contribution in [-0.4, -0.2) is 90.2 Å². The van der Waals surface area contributed by atoms with Crippen LogP contribution in [0.1, 0.15) is 93.4 Å². The maximum Gasteiger partial charge on any atom is 0.246 e. The lowest BCUT2D eigenvalue weighted by Gasteiger charge is -2.35. The van der Waals surface area contributed by atoms with Crippen LogP contribution in [0.3, 0.4) is 0 Å². The van der Waals surface area contributed by atoms with Crippen molar-refractivity contribution in [2.24, 2.45) is 0 Å². The fraction of sp³-hybridized carbons (Fsp3) is 0.562. The van der Waals surface area contributed by atoms with Crippen LogP contribution in [0.4, 0.5) is 0 Å². The molecule has 4 heterocycles. The van der Waals surface area contributed by atoms with Gasteiger partial charge in [-0.05, 0) is 58.1 Å². The second kappa shape index (κ2) is 14.4. The van der Waals surface area contributed by atoms with Gasteiger partial charge in [-0.25, -0.2) is 9.36 Å². The molecule has 3 aromatic rings. The summed E-state index contributed by atoms with van der Waals surface area (Å²) >= 11 is 0. The highest BCUT2D eigenvalue weighted by Crippen LogP contribution is 2.42. The monoisotopic (exact) mass is 645 g/mol. The minimum atomic E-state index is -0.642. The number of rotatable bonds is 12. The van der Waals surface area contributed by atoms with Gasteiger partial charge in [0.25, 0.3) is 0 Å². The predicted octanol–water partition coefficient (Wildman–Crippen LogP) is 0.924. The normalized spacial score (nSPS) is 25.4. The van der Waals surface area contributed by atoms with E-state index in [2.05, 4.69) is 41.9 Å². The van der Waals surface area contributed by atoms with Crippen LogP contribution in [-0.2, 0) is 25.7 Å². The van der Waals surface area contributed by atoms with Crippen LogP contribution in [0.15, 0.2) is 42.7 Å². The molecule has 1 aromatic carbocycles. The van der Waals surface area contributed by atoms with Crippen molar-refractivity contribution in [3.05, 3.63) is 59.7 Å². The van der Waals surface area contributed by atoms with E-state index >= 15 is 0 Å². The molecule has 15 nitrogen and oxygen atoms in total. The van der Waals surface area contributed by atoms with E-state index in [-0.39, 0.29) is 42.4 Å². The zero-order valence-corrected chi connectivity index (χ0v) is 26.8. The summed E-state index contributed by atoms with van der Waals surface area (Å²) in [5.74, 6) is -0.631. The molecule has 0 bridgehead atoms. The van der Waals surface area contributed by atoms with E-state index in [4.69, 9.17) is 0 Å². The number of hydrogen-bond donors (Lipinski definition) is 4. The number of fused-ring (bicyclic) bond motifs is 1. The van der Waals surface area contributed by atoms with Crippen molar-refractivity contribution < 1.29 is 19.2 Å². The molecule has 1 saturated carbocycles. The molecule has 0 spiro atoms. The number of amides is 4. The molecule has 2 aliphatic heterocycles. The number of nitrogens with one attached hydrogen (secondary N) is 4. The second-order valence-electron chi connectivity index (χ2n) is 12.7. The van der Waals surface area contributed by atoms with Gasteiger partial charge in [0.1, 0.15) is 23.5 Å². The topological polar surface area (TPSA) is 181 Å². The molecular weight excluding hydrogens is 602 g/mol. The minimum Gasteiger partial charge on any atom is -0.349 e. The highest BCUT2D eigenvalue weighted by molar-refractivity contribution is 5.93. The van der Waals surface area contributed by atoms with Gasteiger partial charge in [-0.15, -0.1) is 10.2 Å². The number of carbonyl (C=O) groups is 4. The predicted molar refractivity (Wildman–Crippen MR) is 169 cm³/mol. The van der Waals surface area contributed by atoms with Crippen LogP contribution < -0.4 is 21.3 Å². The Kier molecular flexibility index (Phi) is 9.90. The number of aromatic nitrogens is 6. The number of benzene rings is 1. The van der Waals surface area contributed by atoms with E-state index in [1.54, 1.807) is 18.9 Å². The summed E-state index contributed by atoms with van der Waals surface area (Å²) in [5.41, 5.74) is 2.17. The average Bonchev–Trinajstić information content (AvgIpc) is 3.83. The Morgan fingerprint density at radius 2 is 1.68 bits per heavy atom. The largest absolute Gasteiger partial charge is 0.349 e. The van der Waals surface area contributed by atoms with Gasteiger partial charge < -0.3 is 26.2 Å². The highest BCUT2D eigenvalue weighted by Gasteiger charge is 2.44. The molecule has 2 aromatic heterocycles. The quantitative estimate of drug-likeness (QED) is 0.208. The number of likely N-dealkylation sites (N-methyl/N-ethyl adjacent to an activating group) is 1. The lowest BCUT2D eigenvalue weighted by molar-refractivity contribution is -0.144. The molecule has 2 saturated heterocycles. The molecule has 3 fully saturated rings. The fourth-order valence-electron chi connectivity index (χ4n) is 6.94. The van der Waals surface area contributed by atoms with Crippen molar-refractivity contribution in [2.45, 2.75) is 107 Å². The van der Waals surface area contributed by atoms with Crippen LogP contribution in [0.5, 0.6) is 0 Å². The molecule has 15 heteroatoms. The first-order chi connectivity index (χ1) is 22.9. The van der Waals surface area contributed by atoms with Crippen LogP contribution in [0.25, 0.3) is 0 Å². The second-order valence-corrected chi connectivity index (χ2v) is 12.7. The first-order valence-electron chi connectivity index (χ1n) is 16.5. The Bertz CT molecular complexity index is 1560. The molecule has 3 aliphatic rings. The Morgan fingerprint density at radius 1 is 0.957 bits per heavy atom. The third-order valence-electron chi connectivity index (χ3n) is 9.86. The van der Waals surface area contributed by atoms with Gasteiger partial charge in [-0.2, -0.15) is 0 Å². The van der Waals surface area contributed by atoms with E-state index in [1.165, 1.54) is 0 Å². The summed E-state index contributed by atoms with van der Waals surface area (Å²) in [5, 5.41) is 29.0. The summed E-state index contributed by atoms with van der Waals surface area (Å²) < 4.78 is 3.63. The van der Waals surface area contributed by atoms with Crippen molar-refractivity contribution in [1.82, 2.24) is 56.2 Å². The zero-order valence-electron chi connectivity index (χ0n) is 26.8. The van der Waals surface area contributed by atoms with E-state index in [0.717, 1.165) is 44.1 Å². The lowest BCUT2D eigenvalue weighted by Crippen LogP contribution is -2.57. The lowest BCUT2D eigenvalue weighted by atomic mass is 9.86. The number of nitrogens with zero attached hydrogens (tertiary/aromatic N) is 7. The molecular formula is C32H43N11O4. The molecule has 6 unspecified atom stereocenters. The Morgan fingerprint density at radius 3 is 2.40 bits per heavy atom. The van der Waals surface area contributed by atoms with Crippen molar-refractivity contribution >= 4 is 24.1 Å². The molecule has 4 N–H and O–H groups in total. The maximum absolute atomic E-state index is 13.7. The van der Waals surface area contributed by atoms with Gasteiger partial charge >= 0.3 is 0 Å². The summed E-state index contributed by atoms with van der Waals surface area (Å²) in [6.07, 6.45) is 10.7. The molecule has 1 aliphatic carbocycles. The Hall–Kier alpha value is -4.66. The van der Waals surface area contributed by atoms with Gasteiger partial charge in [0.15, 0.2) is 0 Å². The summed E-state index contributed by atoms with van der Waals surface area (Å²) in [4.78, 5) is 52.7. The molecule has 250 valence electrons. The van der Waals surface area contributed by atoms with Crippen molar-refractivity contribution in [2.75, 3.05) is 7.05 Å². The van der Waals surface area contributed by atoms with Crippen molar-refractivity contribution in [3.8, 4) is 0 Å². The fourth-order valence-corrected chi connectivity index (χ4v) is 6.94. The molecule has 47 heavy (non-hydrogen) atoms. The van der Waals surface area contributed by atoms with Gasteiger partial charge in [0.2, 0.25) is 24.1 Å². The van der Waals surface area contributed by atoms with Crippen LogP contribution >= 0.6 is 0 Å². The molecule has 7 atom stereocenters. The summed E-state index contributed by atoms with van der Waals surface area (Å²) in [7, 11) is 1.70. The first kappa shape index (κ1) is 32.3. The van der Waals surface area contributed by atoms with E-state index in [9.17, 15) is 19.2 Å². The van der Waals surface area contributed by atoms with Gasteiger partial charge in [-0.3, -0.25) is 19.2 Å². The average molecular weight is 646 g/mol. The van der Waals surface area contributed by atoms with Crippen molar-refractivity contribution in [3.63, 3.8) is 0 Å². The molecule has 0 radical (unpaired) electrons. The summed E-state index contributed by atoms with van der Waals surface area (Å²) in [6, 6.07) is 7.58. The SMILES string of the molecule is CN[C@@H](C)C(=O)NC1CCCCC2CCC(C(=O)NCc3cn(C4CCC4n4cc(C(NC=O)c5ccccc5)nn4)nn3)N2C1=O. The number of hydrogen-bond acceptors (Lipinski definition) is 9. The van der Waals surface area contributed by atoms with Gasteiger partial charge in [0.05, 0.1) is 43.1 Å².